The molecule has 37 heavy (non-hydrogen) atoms. The summed E-state index contributed by atoms with van der Waals surface area (Å²) < 4.78 is 60.3. The smallest absolute Gasteiger partial charge is 0.435 e. The van der Waals surface area contributed by atoms with Gasteiger partial charge in [-0.15, -0.1) is 0 Å². The molecule has 0 bridgehead atoms. The number of anilines is 1. The molecule has 2 aromatic rings. The summed E-state index contributed by atoms with van der Waals surface area (Å²) in [7, 11) is 0. The van der Waals surface area contributed by atoms with Crippen LogP contribution in [-0.4, -0.2) is 40.1 Å². The molecule has 1 aromatic heterocycles. The largest absolute Gasteiger partial charge is 0.461 e. The Balaban J connectivity index is 0.000000319. The van der Waals surface area contributed by atoms with Crippen LogP contribution < -0.4 is 17.2 Å². The van der Waals surface area contributed by atoms with Crippen molar-refractivity contribution >= 4 is 23.3 Å². The number of aromatic nitrogens is 2. The molecular formula is C24H29F4N5O4. The summed E-state index contributed by atoms with van der Waals surface area (Å²) in [6.07, 6.45) is -0.231. The summed E-state index contributed by atoms with van der Waals surface area (Å²) in [5.41, 5.74) is 12.3. The number of rotatable bonds is 4. The number of nitrogens with two attached hydrogens (primary N) is 3. The Morgan fingerprint density at radius 2 is 1.81 bits per heavy atom. The van der Waals surface area contributed by atoms with E-state index in [1.807, 2.05) is 0 Å². The summed E-state index contributed by atoms with van der Waals surface area (Å²) in [4.78, 5) is 34.3. The molecule has 202 valence electrons. The Morgan fingerprint density at radius 1 is 1.19 bits per heavy atom. The molecule has 0 atom stereocenters. The van der Waals surface area contributed by atoms with Gasteiger partial charge in [0, 0.05) is 18.2 Å². The highest BCUT2D eigenvalue weighted by molar-refractivity contribution is 6.00. The van der Waals surface area contributed by atoms with Crippen LogP contribution in [0.1, 0.15) is 78.1 Å². The first-order valence-corrected chi connectivity index (χ1v) is 11.7. The molecule has 0 unspecified atom stereocenters. The predicted molar refractivity (Wildman–Crippen MR) is 125 cm³/mol. The average Bonchev–Trinajstić information content (AvgIpc) is 3.40. The van der Waals surface area contributed by atoms with E-state index in [1.54, 1.807) is 13.8 Å². The van der Waals surface area contributed by atoms with E-state index >= 15 is 0 Å². The minimum atomic E-state index is -4.86. The highest BCUT2D eigenvalue weighted by Gasteiger charge is 2.45. The lowest BCUT2D eigenvalue weighted by Gasteiger charge is -2.29. The highest BCUT2D eigenvalue weighted by atomic mass is 19.4. The first-order chi connectivity index (χ1) is 17.1. The molecule has 9 nitrogen and oxygen atoms in total. The van der Waals surface area contributed by atoms with Gasteiger partial charge in [-0.2, -0.15) is 18.3 Å². The number of nitrogen functional groups attached to an aromatic ring is 1. The fraction of sp³-hybridized carbons (Fsp3) is 0.500. The molecule has 1 amide bonds. The molecule has 13 heteroatoms. The fourth-order valence-corrected chi connectivity index (χ4v) is 4.60. The predicted octanol–water partition coefficient (Wildman–Crippen LogP) is 3.30. The first kappa shape index (κ1) is 28.1. The maximum Gasteiger partial charge on any atom is 0.435 e. The number of benzene rings is 1. The molecule has 1 aromatic carbocycles. The molecule has 2 aliphatic carbocycles. The normalized spacial score (nSPS) is 17.1. The van der Waals surface area contributed by atoms with Gasteiger partial charge in [0.05, 0.1) is 29.1 Å². The third-order valence-electron chi connectivity index (χ3n) is 6.18. The summed E-state index contributed by atoms with van der Waals surface area (Å²) in [5, 5.41) is 3.54. The highest BCUT2D eigenvalue weighted by Crippen LogP contribution is 2.42. The van der Waals surface area contributed by atoms with E-state index in [1.165, 1.54) is 12.8 Å². The van der Waals surface area contributed by atoms with Crippen molar-refractivity contribution in [2.45, 2.75) is 64.7 Å². The van der Waals surface area contributed by atoms with Crippen molar-refractivity contribution in [2.24, 2.45) is 16.9 Å². The van der Waals surface area contributed by atoms with Gasteiger partial charge >= 0.3 is 12.1 Å². The third-order valence-corrected chi connectivity index (χ3v) is 6.18. The number of carbonyl (C=O) groups is 3. The Bertz CT molecular complexity index is 1190. The van der Waals surface area contributed by atoms with Gasteiger partial charge in [-0.25, -0.2) is 9.07 Å². The second-order valence-electron chi connectivity index (χ2n) is 9.88. The van der Waals surface area contributed by atoms with Crippen molar-refractivity contribution in [3.8, 4) is 5.69 Å². The number of fused-ring (bicyclic) bond motifs is 1. The maximum absolute atomic E-state index is 14.2. The van der Waals surface area contributed by atoms with Crippen LogP contribution in [0.15, 0.2) is 12.1 Å². The van der Waals surface area contributed by atoms with Gasteiger partial charge in [0.2, 0.25) is 0 Å². The molecule has 1 heterocycles. The number of Topliss-reactive ketones (excluding diaryl/α,β-unsaturated/α-hetero) is 1. The van der Waals surface area contributed by atoms with E-state index < -0.39 is 45.9 Å². The van der Waals surface area contributed by atoms with Crippen molar-refractivity contribution in [3.05, 3.63) is 40.5 Å². The van der Waals surface area contributed by atoms with E-state index in [9.17, 15) is 31.9 Å². The van der Waals surface area contributed by atoms with Gasteiger partial charge in [0.1, 0.15) is 11.9 Å². The SMILES string of the molecule is CC1(C)CC(=O)c2c(C(F)(F)F)nn(-c3cc(N)c(C(N)=O)c(F)c3)c2C1.NCC(=O)OC1CCCC1. The Labute approximate surface area is 210 Å². The molecule has 0 radical (unpaired) electrons. The number of hydrogen-bond acceptors (Lipinski definition) is 7. The summed E-state index contributed by atoms with van der Waals surface area (Å²) in [6.45, 7) is 3.49. The molecular weight excluding hydrogens is 498 g/mol. The van der Waals surface area contributed by atoms with E-state index in [0.717, 1.165) is 29.7 Å². The molecule has 6 N–H and O–H groups in total. The molecule has 1 saturated carbocycles. The zero-order chi connectivity index (χ0) is 27.7. The number of carbonyl (C=O) groups excluding carboxylic acids is 3. The van der Waals surface area contributed by atoms with Gasteiger partial charge in [-0.1, -0.05) is 13.8 Å². The van der Waals surface area contributed by atoms with E-state index in [4.69, 9.17) is 21.9 Å². The number of primary amides is 1. The van der Waals surface area contributed by atoms with E-state index in [0.29, 0.717) is 0 Å². The van der Waals surface area contributed by atoms with Crippen LogP contribution in [0.5, 0.6) is 0 Å². The molecule has 2 aliphatic rings. The zero-order valence-corrected chi connectivity index (χ0v) is 20.5. The number of amides is 1. The van der Waals surface area contributed by atoms with Crippen LogP contribution in [0.2, 0.25) is 0 Å². The summed E-state index contributed by atoms with van der Waals surface area (Å²) >= 11 is 0. The van der Waals surface area contributed by atoms with Crippen LogP contribution in [0.4, 0.5) is 23.2 Å². The number of halogens is 4. The van der Waals surface area contributed by atoms with Crippen molar-refractivity contribution in [2.75, 3.05) is 12.3 Å². The lowest BCUT2D eigenvalue weighted by atomic mass is 9.75. The standard InChI is InChI=1S/C17H16F4N4O2.C7H13NO2/c1-16(2)5-10-13(11(26)6-16)14(17(19,20)21)24-25(10)7-3-8(18)12(15(23)27)9(22)4-7;8-5-7(9)10-6-3-1-2-4-6/h3-4H,5-6,22H2,1-2H3,(H2,23,27);6H,1-5,8H2. The van der Waals surface area contributed by atoms with Crippen LogP contribution in [0.25, 0.3) is 5.69 Å². The summed E-state index contributed by atoms with van der Waals surface area (Å²) in [6, 6.07) is 1.92. The van der Waals surface area contributed by atoms with Crippen molar-refractivity contribution < 1.29 is 36.7 Å². The van der Waals surface area contributed by atoms with E-state index in [2.05, 4.69) is 5.10 Å². The lowest BCUT2D eigenvalue weighted by molar-refractivity contribution is -0.147. The van der Waals surface area contributed by atoms with Gasteiger partial charge < -0.3 is 21.9 Å². The third kappa shape index (κ3) is 6.27. The maximum atomic E-state index is 14.2. The van der Waals surface area contributed by atoms with Crippen LogP contribution in [0.3, 0.4) is 0 Å². The Morgan fingerprint density at radius 3 is 2.32 bits per heavy atom. The van der Waals surface area contributed by atoms with Gasteiger partial charge in [0.25, 0.3) is 5.91 Å². The minimum Gasteiger partial charge on any atom is -0.461 e. The number of ether oxygens (including phenoxy) is 1. The molecule has 4 rings (SSSR count). The number of ketones is 1. The van der Waals surface area contributed by atoms with Gasteiger partial charge in [-0.05, 0) is 43.6 Å². The quantitative estimate of drug-likeness (QED) is 0.313. The molecule has 0 spiro atoms. The van der Waals surface area contributed by atoms with E-state index in [-0.39, 0.29) is 48.5 Å². The monoisotopic (exact) mass is 527 g/mol. The summed E-state index contributed by atoms with van der Waals surface area (Å²) in [5.74, 6) is -3.14. The minimum absolute atomic E-state index is 0.0104. The number of nitrogens with zero attached hydrogens (tertiary/aromatic N) is 2. The lowest BCUT2D eigenvalue weighted by Crippen LogP contribution is -2.29. The average molecular weight is 528 g/mol. The number of hydrogen-bond donors (Lipinski definition) is 3. The van der Waals surface area contributed by atoms with Crippen LogP contribution >= 0.6 is 0 Å². The topological polar surface area (TPSA) is 156 Å². The van der Waals surface area contributed by atoms with Gasteiger partial charge in [0.15, 0.2) is 11.5 Å². The van der Waals surface area contributed by atoms with Gasteiger partial charge in [-0.3, -0.25) is 14.4 Å². The Kier molecular flexibility index (Phi) is 7.96. The first-order valence-electron chi connectivity index (χ1n) is 11.7. The van der Waals surface area contributed by atoms with Crippen molar-refractivity contribution in [1.29, 1.82) is 0 Å². The molecule has 0 aliphatic heterocycles. The molecule has 1 fully saturated rings. The van der Waals surface area contributed by atoms with Crippen molar-refractivity contribution in [3.63, 3.8) is 0 Å². The van der Waals surface area contributed by atoms with Crippen LogP contribution in [0, 0.1) is 11.2 Å². The number of esters is 1. The number of alkyl halides is 3. The second-order valence-corrected chi connectivity index (χ2v) is 9.88. The molecule has 0 saturated heterocycles. The zero-order valence-electron chi connectivity index (χ0n) is 20.5. The van der Waals surface area contributed by atoms with Crippen molar-refractivity contribution in [1.82, 2.24) is 9.78 Å². The second kappa shape index (κ2) is 10.5. The Hall–Kier alpha value is -3.48. The fourth-order valence-electron chi connectivity index (χ4n) is 4.60. The van der Waals surface area contributed by atoms with Crippen LogP contribution in [-0.2, 0) is 22.1 Å².